The van der Waals surface area contributed by atoms with Gasteiger partial charge in [0.15, 0.2) is 0 Å². The summed E-state index contributed by atoms with van der Waals surface area (Å²) in [5, 5.41) is 3.57. The predicted molar refractivity (Wildman–Crippen MR) is 49.7 cm³/mol. The molecule has 1 aliphatic rings. The molecule has 0 saturated carbocycles. The zero-order valence-electron chi connectivity index (χ0n) is 7.90. The molecule has 0 aromatic carbocycles. The van der Waals surface area contributed by atoms with E-state index in [2.05, 4.69) is 19.2 Å². The van der Waals surface area contributed by atoms with Gasteiger partial charge in [0.05, 0.1) is 0 Å². The van der Waals surface area contributed by atoms with Gasteiger partial charge in [-0.2, -0.15) is 0 Å². The van der Waals surface area contributed by atoms with Crippen molar-refractivity contribution >= 4 is 0 Å². The van der Waals surface area contributed by atoms with E-state index < -0.39 is 0 Å². The van der Waals surface area contributed by atoms with Crippen molar-refractivity contribution in [1.29, 1.82) is 0 Å². The van der Waals surface area contributed by atoms with E-state index in [0.29, 0.717) is 0 Å². The maximum Gasteiger partial charge on any atom is 0.00701 e. The second-order valence-electron chi connectivity index (χ2n) is 3.94. The third-order valence-electron chi connectivity index (χ3n) is 2.60. The molecule has 1 aliphatic heterocycles. The molecule has 1 unspecified atom stereocenters. The zero-order valence-corrected chi connectivity index (χ0v) is 7.90. The molecule has 0 spiro atoms. The molecule has 0 radical (unpaired) electrons. The van der Waals surface area contributed by atoms with E-state index in [0.717, 1.165) is 12.0 Å². The summed E-state index contributed by atoms with van der Waals surface area (Å²) in [7, 11) is 0. The predicted octanol–water partition coefficient (Wildman–Crippen LogP) is 2.56. The highest BCUT2D eigenvalue weighted by atomic mass is 14.9. The molecule has 0 aromatic heterocycles. The van der Waals surface area contributed by atoms with Gasteiger partial charge < -0.3 is 5.32 Å². The fourth-order valence-corrected chi connectivity index (χ4v) is 1.88. The standard InChI is InChI=1S/C10H21N/c1-3-4-5-6-10-7-9(2)8-11-10/h9-11H,3-8H2,1-2H3/t9?,10-/m0/s1. The smallest absolute Gasteiger partial charge is 0.00701 e. The molecule has 1 heterocycles. The van der Waals surface area contributed by atoms with E-state index in [1.54, 1.807) is 0 Å². The summed E-state index contributed by atoms with van der Waals surface area (Å²) < 4.78 is 0. The Labute approximate surface area is 70.6 Å². The topological polar surface area (TPSA) is 12.0 Å². The quantitative estimate of drug-likeness (QED) is 0.615. The van der Waals surface area contributed by atoms with Crippen LogP contribution in [0.15, 0.2) is 0 Å². The fourth-order valence-electron chi connectivity index (χ4n) is 1.88. The SMILES string of the molecule is CCCCC[C@H]1CC(C)CN1. The zero-order chi connectivity index (χ0) is 8.10. The second-order valence-corrected chi connectivity index (χ2v) is 3.94. The monoisotopic (exact) mass is 155 g/mol. The molecule has 1 fully saturated rings. The first-order chi connectivity index (χ1) is 5.33. The number of unbranched alkanes of at least 4 members (excludes halogenated alkanes) is 2. The van der Waals surface area contributed by atoms with E-state index in [1.807, 2.05) is 0 Å². The molecule has 1 heteroatoms. The summed E-state index contributed by atoms with van der Waals surface area (Å²) >= 11 is 0. The molecule has 1 nitrogen and oxygen atoms in total. The van der Waals surface area contributed by atoms with Crippen LogP contribution in [0.1, 0.15) is 46.0 Å². The van der Waals surface area contributed by atoms with Gasteiger partial charge in [-0.25, -0.2) is 0 Å². The fraction of sp³-hybridized carbons (Fsp3) is 1.00. The van der Waals surface area contributed by atoms with Crippen molar-refractivity contribution in [2.45, 2.75) is 52.0 Å². The highest BCUT2D eigenvalue weighted by Crippen LogP contribution is 2.17. The van der Waals surface area contributed by atoms with Gasteiger partial charge in [0.1, 0.15) is 0 Å². The van der Waals surface area contributed by atoms with Crippen molar-refractivity contribution in [3.8, 4) is 0 Å². The van der Waals surface area contributed by atoms with E-state index in [1.165, 1.54) is 38.6 Å². The third kappa shape index (κ3) is 3.24. The van der Waals surface area contributed by atoms with Gasteiger partial charge in [0.25, 0.3) is 0 Å². The first kappa shape index (κ1) is 9.05. The van der Waals surface area contributed by atoms with Crippen LogP contribution >= 0.6 is 0 Å². The summed E-state index contributed by atoms with van der Waals surface area (Å²) in [5.74, 6) is 0.918. The van der Waals surface area contributed by atoms with E-state index in [9.17, 15) is 0 Å². The van der Waals surface area contributed by atoms with Crippen LogP contribution in [0.5, 0.6) is 0 Å². The molecule has 11 heavy (non-hydrogen) atoms. The normalized spacial score (nSPS) is 31.1. The Morgan fingerprint density at radius 1 is 1.36 bits per heavy atom. The lowest BCUT2D eigenvalue weighted by molar-refractivity contribution is 0.510. The third-order valence-corrected chi connectivity index (χ3v) is 2.60. The summed E-state index contributed by atoms with van der Waals surface area (Å²) in [6.45, 7) is 5.86. The molecule has 0 amide bonds. The lowest BCUT2D eigenvalue weighted by Crippen LogP contribution is -2.20. The molecule has 0 aromatic rings. The Morgan fingerprint density at radius 3 is 2.73 bits per heavy atom. The van der Waals surface area contributed by atoms with E-state index >= 15 is 0 Å². The Kier molecular flexibility index (Phi) is 3.92. The molecule has 1 N–H and O–H groups in total. The minimum Gasteiger partial charge on any atom is -0.314 e. The molecule has 0 aliphatic carbocycles. The lowest BCUT2D eigenvalue weighted by atomic mass is 10.0. The first-order valence-electron chi connectivity index (χ1n) is 5.06. The number of hydrogen-bond acceptors (Lipinski definition) is 1. The number of rotatable bonds is 4. The minimum atomic E-state index is 0.844. The van der Waals surface area contributed by atoms with Crippen LogP contribution in [0.25, 0.3) is 0 Å². The molecule has 1 saturated heterocycles. The lowest BCUT2D eigenvalue weighted by Gasteiger charge is -2.08. The summed E-state index contributed by atoms with van der Waals surface area (Å²) in [6.07, 6.45) is 6.98. The Morgan fingerprint density at radius 2 is 2.18 bits per heavy atom. The first-order valence-corrected chi connectivity index (χ1v) is 5.06. The van der Waals surface area contributed by atoms with Crippen molar-refractivity contribution in [3.63, 3.8) is 0 Å². The molecule has 0 bridgehead atoms. The maximum absolute atomic E-state index is 3.57. The van der Waals surface area contributed by atoms with E-state index in [4.69, 9.17) is 0 Å². The molecule has 1 rings (SSSR count). The van der Waals surface area contributed by atoms with Gasteiger partial charge in [-0.05, 0) is 25.3 Å². The van der Waals surface area contributed by atoms with Crippen molar-refractivity contribution < 1.29 is 0 Å². The average molecular weight is 155 g/mol. The van der Waals surface area contributed by atoms with E-state index in [-0.39, 0.29) is 0 Å². The van der Waals surface area contributed by atoms with Crippen LogP contribution in [0, 0.1) is 5.92 Å². The van der Waals surface area contributed by atoms with Crippen LogP contribution in [0.3, 0.4) is 0 Å². The Balaban J connectivity index is 1.99. The van der Waals surface area contributed by atoms with Crippen LogP contribution in [0.4, 0.5) is 0 Å². The minimum absolute atomic E-state index is 0.844. The van der Waals surface area contributed by atoms with Gasteiger partial charge in [0, 0.05) is 6.04 Å². The van der Waals surface area contributed by atoms with Crippen molar-refractivity contribution in [1.82, 2.24) is 5.32 Å². The van der Waals surface area contributed by atoms with Gasteiger partial charge in [0.2, 0.25) is 0 Å². The van der Waals surface area contributed by atoms with Crippen molar-refractivity contribution in [3.05, 3.63) is 0 Å². The summed E-state index contributed by atoms with van der Waals surface area (Å²) in [4.78, 5) is 0. The van der Waals surface area contributed by atoms with Crippen molar-refractivity contribution in [2.75, 3.05) is 6.54 Å². The van der Waals surface area contributed by atoms with Crippen LogP contribution in [-0.2, 0) is 0 Å². The van der Waals surface area contributed by atoms with Gasteiger partial charge >= 0.3 is 0 Å². The molecule has 66 valence electrons. The van der Waals surface area contributed by atoms with Crippen LogP contribution in [-0.4, -0.2) is 12.6 Å². The Bertz CT molecular complexity index is 101. The van der Waals surface area contributed by atoms with Gasteiger partial charge in [-0.1, -0.05) is 33.1 Å². The summed E-state index contributed by atoms with van der Waals surface area (Å²) in [5.41, 5.74) is 0. The highest BCUT2D eigenvalue weighted by Gasteiger charge is 2.19. The second kappa shape index (κ2) is 4.76. The number of nitrogens with one attached hydrogen (secondary N) is 1. The highest BCUT2D eigenvalue weighted by molar-refractivity contribution is 4.78. The molecular weight excluding hydrogens is 134 g/mol. The van der Waals surface area contributed by atoms with Crippen LogP contribution in [0.2, 0.25) is 0 Å². The van der Waals surface area contributed by atoms with Crippen LogP contribution < -0.4 is 5.32 Å². The van der Waals surface area contributed by atoms with Gasteiger partial charge in [-0.15, -0.1) is 0 Å². The summed E-state index contributed by atoms with van der Waals surface area (Å²) in [6, 6.07) is 0.844. The molecule has 2 atom stereocenters. The average Bonchev–Trinajstić information content (AvgIpc) is 2.37. The largest absolute Gasteiger partial charge is 0.314 e. The maximum atomic E-state index is 3.57. The van der Waals surface area contributed by atoms with Crippen molar-refractivity contribution in [2.24, 2.45) is 5.92 Å². The van der Waals surface area contributed by atoms with Gasteiger partial charge in [-0.3, -0.25) is 0 Å². The molecular formula is C10H21N. The Hall–Kier alpha value is -0.0400. The number of hydrogen-bond donors (Lipinski definition) is 1.